The summed E-state index contributed by atoms with van der Waals surface area (Å²) in [6.07, 6.45) is 2.12. The van der Waals surface area contributed by atoms with E-state index in [1.807, 2.05) is 54.6 Å². The van der Waals surface area contributed by atoms with E-state index < -0.39 is 6.04 Å². The highest BCUT2D eigenvalue weighted by Gasteiger charge is 2.33. The molecule has 1 aromatic heterocycles. The van der Waals surface area contributed by atoms with Gasteiger partial charge in [0.15, 0.2) is 0 Å². The molecule has 2 amide bonds. The second-order valence-corrected chi connectivity index (χ2v) is 6.55. The molecule has 2 heterocycles. The Balaban J connectivity index is 1.55. The van der Waals surface area contributed by atoms with Gasteiger partial charge in [-0.2, -0.15) is 0 Å². The number of nitrogens with one attached hydrogen (secondary N) is 1. The Kier molecular flexibility index (Phi) is 4.75. The number of rotatable bonds is 4. The number of hydrogen-bond donors (Lipinski definition) is 1. The highest BCUT2D eigenvalue weighted by molar-refractivity contribution is 5.98. The van der Waals surface area contributed by atoms with E-state index in [1.165, 1.54) is 0 Å². The summed E-state index contributed by atoms with van der Waals surface area (Å²) in [6, 6.07) is 20.3. The van der Waals surface area contributed by atoms with Gasteiger partial charge in [0.05, 0.1) is 6.26 Å². The van der Waals surface area contributed by atoms with Gasteiger partial charge in [-0.3, -0.25) is 9.59 Å². The van der Waals surface area contributed by atoms with E-state index in [4.69, 9.17) is 4.42 Å². The molecule has 27 heavy (non-hydrogen) atoms. The topological polar surface area (TPSA) is 62.6 Å². The lowest BCUT2D eigenvalue weighted by atomic mass is 10.0. The number of piperazine rings is 1. The molecule has 1 fully saturated rings. The second kappa shape index (κ2) is 7.50. The highest BCUT2D eigenvalue weighted by Crippen LogP contribution is 2.22. The van der Waals surface area contributed by atoms with Gasteiger partial charge >= 0.3 is 0 Å². The van der Waals surface area contributed by atoms with Crippen LogP contribution < -0.4 is 5.32 Å². The van der Waals surface area contributed by atoms with Crippen molar-refractivity contribution in [1.82, 2.24) is 10.2 Å². The molecule has 0 spiro atoms. The van der Waals surface area contributed by atoms with Crippen LogP contribution in [-0.4, -0.2) is 35.8 Å². The van der Waals surface area contributed by atoms with Crippen molar-refractivity contribution in [2.24, 2.45) is 0 Å². The molecule has 0 bridgehead atoms. The predicted octanol–water partition coefficient (Wildman–Crippen LogP) is 3.13. The molecule has 1 aliphatic rings. The van der Waals surface area contributed by atoms with E-state index in [-0.39, 0.29) is 11.8 Å². The Morgan fingerprint density at radius 3 is 2.52 bits per heavy atom. The first kappa shape index (κ1) is 17.1. The summed E-state index contributed by atoms with van der Waals surface area (Å²) in [4.78, 5) is 27.2. The summed E-state index contributed by atoms with van der Waals surface area (Å²) in [7, 11) is 0. The van der Waals surface area contributed by atoms with Gasteiger partial charge in [-0.25, -0.2) is 0 Å². The fourth-order valence-corrected chi connectivity index (χ4v) is 3.38. The monoisotopic (exact) mass is 360 g/mol. The number of benzene rings is 2. The SMILES string of the molecule is O=C1NCCN(C(=O)c2ccc(-c3ccco3)cc2)[C@@H]1Cc1ccccc1. The minimum absolute atomic E-state index is 0.106. The van der Waals surface area contributed by atoms with Crippen LogP contribution >= 0.6 is 0 Å². The van der Waals surface area contributed by atoms with E-state index in [1.54, 1.807) is 23.3 Å². The molecule has 5 nitrogen and oxygen atoms in total. The molecule has 4 rings (SSSR count). The minimum atomic E-state index is -0.501. The summed E-state index contributed by atoms with van der Waals surface area (Å²) < 4.78 is 5.39. The highest BCUT2D eigenvalue weighted by atomic mass is 16.3. The van der Waals surface area contributed by atoms with Crippen molar-refractivity contribution < 1.29 is 14.0 Å². The standard InChI is InChI=1S/C22H20N2O3/c25-21-19(15-16-5-2-1-3-6-16)24(13-12-23-21)22(26)18-10-8-17(9-11-18)20-7-4-14-27-20/h1-11,14,19H,12-13,15H2,(H,23,25)/t19-/m1/s1. The number of hydrogen-bond acceptors (Lipinski definition) is 3. The van der Waals surface area contributed by atoms with E-state index in [2.05, 4.69) is 5.32 Å². The molecule has 1 saturated heterocycles. The van der Waals surface area contributed by atoms with Gasteiger partial charge in [-0.05, 0) is 29.8 Å². The number of amides is 2. The van der Waals surface area contributed by atoms with Gasteiger partial charge in [-0.1, -0.05) is 42.5 Å². The Bertz CT molecular complexity index is 918. The van der Waals surface area contributed by atoms with Crippen LogP contribution in [0.5, 0.6) is 0 Å². The van der Waals surface area contributed by atoms with Crippen LogP contribution in [0.3, 0.4) is 0 Å². The predicted molar refractivity (Wildman–Crippen MR) is 102 cm³/mol. The number of nitrogens with zero attached hydrogens (tertiary/aromatic N) is 1. The summed E-state index contributed by atoms with van der Waals surface area (Å²) in [5, 5.41) is 2.87. The minimum Gasteiger partial charge on any atom is -0.464 e. The van der Waals surface area contributed by atoms with Crippen LogP contribution in [0.4, 0.5) is 0 Å². The quantitative estimate of drug-likeness (QED) is 0.778. The number of carbonyl (C=O) groups is 2. The van der Waals surface area contributed by atoms with E-state index in [9.17, 15) is 9.59 Å². The van der Waals surface area contributed by atoms with Crippen LogP contribution in [-0.2, 0) is 11.2 Å². The van der Waals surface area contributed by atoms with Crippen molar-refractivity contribution in [1.29, 1.82) is 0 Å². The zero-order chi connectivity index (χ0) is 18.6. The summed E-state index contributed by atoms with van der Waals surface area (Å²) in [5.74, 6) is 0.524. The first-order valence-electron chi connectivity index (χ1n) is 8.99. The fraction of sp³-hybridized carbons (Fsp3) is 0.182. The van der Waals surface area contributed by atoms with Gasteiger partial charge in [0.2, 0.25) is 5.91 Å². The molecule has 0 unspecified atom stereocenters. The molecule has 1 aliphatic heterocycles. The van der Waals surface area contributed by atoms with Crippen molar-refractivity contribution in [2.75, 3.05) is 13.1 Å². The molecule has 2 aromatic carbocycles. The van der Waals surface area contributed by atoms with Gasteiger partial charge in [0.1, 0.15) is 11.8 Å². The lowest BCUT2D eigenvalue weighted by Gasteiger charge is -2.35. The average Bonchev–Trinajstić information content (AvgIpc) is 3.25. The maximum atomic E-state index is 13.1. The Hall–Kier alpha value is -3.34. The second-order valence-electron chi connectivity index (χ2n) is 6.55. The van der Waals surface area contributed by atoms with Crippen LogP contribution in [0.2, 0.25) is 0 Å². The van der Waals surface area contributed by atoms with Crippen LogP contribution in [0, 0.1) is 0 Å². The molecular weight excluding hydrogens is 340 g/mol. The largest absolute Gasteiger partial charge is 0.464 e. The Morgan fingerprint density at radius 1 is 1.04 bits per heavy atom. The Morgan fingerprint density at radius 2 is 1.81 bits per heavy atom. The molecule has 0 aliphatic carbocycles. The van der Waals surface area contributed by atoms with Crippen LogP contribution in [0.15, 0.2) is 77.4 Å². The third-order valence-corrected chi connectivity index (χ3v) is 4.80. The average molecular weight is 360 g/mol. The fourth-order valence-electron chi connectivity index (χ4n) is 3.38. The summed E-state index contributed by atoms with van der Waals surface area (Å²) >= 11 is 0. The van der Waals surface area contributed by atoms with Crippen molar-refractivity contribution in [3.05, 3.63) is 84.1 Å². The van der Waals surface area contributed by atoms with Gasteiger partial charge in [-0.15, -0.1) is 0 Å². The zero-order valence-electron chi connectivity index (χ0n) is 14.8. The smallest absolute Gasteiger partial charge is 0.254 e. The maximum absolute atomic E-state index is 13.1. The van der Waals surface area contributed by atoms with E-state index >= 15 is 0 Å². The molecule has 136 valence electrons. The summed E-state index contributed by atoms with van der Waals surface area (Å²) in [6.45, 7) is 0.975. The maximum Gasteiger partial charge on any atom is 0.254 e. The molecule has 1 atom stereocenters. The lowest BCUT2D eigenvalue weighted by molar-refractivity contribution is -0.127. The van der Waals surface area contributed by atoms with Crippen molar-refractivity contribution in [3.8, 4) is 11.3 Å². The molecule has 5 heteroatoms. The Labute approximate surface area is 157 Å². The number of furan rings is 1. The lowest BCUT2D eigenvalue weighted by Crippen LogP contribution is -2.58. The molecule has 0 saturated carbocycles. The van der Waals surface area contributed by atoms with Crippen molar-refractivity contribution >= 4 is 11.8 Å². The molecule has 1 N–H and O–H groups in total. The van der Waals surface area contributed by atoms with Crippen molar-refractivity contribution in [3.63, 3.8) is 0 Å². The molecule has 3 aromatic rings. The third kappa shape index (κ3) is 3.62. The van der Waals surface area contributed by atoms with Crippen LogP contribution in [0.25, 0.3) is 11.3 Å². The first-order valence-corrected chi connectivity index (χ1v) is 8.99. The normalized spacial score (nSPS) is 16.8. The zero-order valence-corrected chi connectivity index (χ0v) is 14.8. The third-order valence-electron chi connectivity index (χ3n) is 4.80. The van der Waals surface area contributed by atoms with Crippen LogP contribution in [0.1, 0.15) is 15.9 Å². The first-order chi connectivity index (χ1) is 13.2. The van der Waals surface area contributed by atoms with Gasteiger partial charge < -0.3 is 14.6 Å². The number of carbonyl (C=O) groups excluding carboxylic acids is 2. The molecular formula is C22H20N2O3. The van der Waals surface area contributed by atoms with E-state index in [0.29, 0.717) is 25.1 Å². The van der Waals surface area contributed by atoms with Crippen molar-refractivity contribution in [2.45, 2.75) is 12.5 Å². The summed E-state index contributed by atoms with van der Waals surface area (Å²) in [5.41, 5.74) is 2.51. The van der Waals surface area contributed by atoms with Gasteiger partial charge in [0.25, 0.3) is 5.91 Å². The molecule has 0 radical (unpaired) electrons. The van der Waals surface area contributed by atoms with E-state index in [0.717, 1.165) is 16.9 Å². The van der Waals surface area contributed by atoms with Gasteiger partial charge in [0, 0.05) is 30.6 Å².